The molecule has 0 unspecified atom stereocenters. The Kier molecular flexibility index (Phi) is 9.31. The van der Waals surface area contributed by atoms with Gasteiger partial charge in [0.2, 0.25) is 0 Å². The van der Waals surface area contributed by atoms with Gasteiger partial charge < -0.3 is 10.1 Å². The number of hydrogen-bond acceptors (Lipinski definition) is 5. The van der Waals surface area contributed by atoms with Crippen molar-refractivity contribution in [1.82, 2.24) is 4.98 Å². The number of pyridine rings is 1. The third-order valence-electron chi connectivity index (χ3n) is 7.58. The topological polar surface area (TPSA) is 68.3 Å². The summed E-state index contributed by atoms with van der Waals surface area (Å²) in [5, 5.41) is 4.31. The molecule has 0 spiro atoms. The van der Waals surface area contributed by atoms with Crippen LogP contribution in [0.3, 0.4) is 0 Å². The predicted molar refractivity (Wildman–Crippen MR) is 183 cm³/mol. The molecule has 3 aromatic carbocycles. The fourth-order valence-electron chi connectivity index (χ4n) is 5.45. The number of nitrogens with zero attached hydrogens (tertiary/aromatic N) is 1. The summed E-state index contributed by atoms with van der Waals surface area (Å²) in [6.07, 6.45) is 0.700. The van der Waals surface area contributed by atoms with E-state index in [1.165, 1.54) is 22.5 Å². The van der Waals surface area contributed by atoms with E-state index >= 15 is 0 Å². The number of amides is 1. The van der Waals surface area contributed by atoms with Crippen LogP contribution in [0.4, 0.5) is 5.00 Å². The normalized spacial score (nSPS) is 11.5. The Morgan fingerprint density at radius 2 is 1.52 bits per heavy atom. The van der Waals surface area contributed by atoms with E-state index in [1.807, 2.05) is 63.2 Å². The highest BCUT2D eigenvalue weighted by molar-refractivity contribution is 7.17. The number of aromatic nitrogens is 1. The van der Waals surface area contributed by atoms with Gasteiger partial charge in [0.05, 0.1) is 22.9 Å². The molecule has 0 fully saturated rings. The zero-order chi connectivity index (χ0) is 31.5. The standard InChI is InChI=1S/C38H40N2O3S/c1-22(2)20-26-12-14-28(15-13-26)33-21-31(30-10-8-9-11-32(30)39-33)36(41)40-37-35(38(42)43-24(5)6)34(25(7)44-37)29-18-16-27(17-19-29)23(3)4/h8-19,21-24H,20H2,1-7H3,(H,40,41). The van der Waals surface area contributed by atoms with E-state index in [9.17, 15) is 9.59 Å². The van der Waals surface area contributed by atoms with Gasteiger partial charge >= 0.3 is 5.97 Å². The Bertz CT molecular complexity index is 1800. The van der Waals surface area contributed by atoms with Crippen LogP contribution in [-0.2, 0) is 11.2 Å². The average Bonchev–Trinajstić information content (AvgIpc) is 3.31. The molecule has 0 radical (unpaired) electrons. The Morgan fingerprint density at radius 1 is 0.864 bits per heavy atom. The van der Waals surface area contributed by atoms with Crippen LogP contribution in [0.5, 0.6) is 0 Å². The third kappa shape index (κ3) is 6.76. The summed E-state index contributed by atoms with van der Waals surface area (Å²) in [6.45, 7) is 14.3. The first kappa shape index (κ1) is 31.1. The van der Waals surface area contributed by atoms with Gasteiger partial charge in [0.15, 0.2) is 0 Å². The van der Waals surface area contributed by atoms with Gasteiger partial charge in [0, 0.05) is 21.4 Å². The van der Waals surface area contributed by atoms with Crippen molar-refractivity contribution < 1.29 is 14.3 Å². The van der Waals surface area contributed by atoms with Gasteiger partial charge in [-0.15, -0.1) is 11.3 Å². The number of hydrogen-bond donors (Lipinski definition) is 1. The number of benzene rings is 3. The number of anilines is 1. The van der Waals surface area contributed by atoms with E-state index in [2.05, 4.69) is 69.4 Å². The Labute approximate surface area is 264 Å². The summed E-state index contributed by atoms with van der Waals surface area (Å²) >= 11 is 1.39. The van der Waals surface area contributed by atoms with Gasteiger partial charge in [-0.3, -0.25) is 4.79 Å². The van der Waals surface area contributed by atoms with Gasteiger partial charge in [-0.1, -0.05) is 94.4 Å². The summed E-state index contributed by atoms with van der Waals surface area (Å²) < 4.78 is 5.69. The first-order chi connectivity index (χ1) is 21.0. The summed E-state index contributed by atoms with van der Waals surface area (Å²) in [4.78, 5) is 33.4. The van der Waals surface area contributed by atoms with Crippen LogP contribution in [0.25, 0.3) is 33.3 Å². The number of ether oxygens (including phenoxy) is 1. The van der Waals surface area contributed by atoms with E-state index in [0.717, 1.165) is 44.6 Å². The van der Waals surface area contributed by atoms with E-state index in [-0.39, 0.29) is 12.0 Å². The number of carbonyl (C=O) groups is 2. The number of esters is 1. The van der Waals surface area contributed by atoms with Crippen LogP contribution in [0.1, 0.15) is 84.2 Å². The molecular weight excluding hydrogens is 564 g/mol. The fourth-order valence-corrected chi connectivity index (χ4v) is 6.51. The molecule has 5 nitrogen and oxygen atoms in total. The van der Waals surface area contributed by atoms with Crippen LogP contribution in [0, 0.1) is 12.8 Å². The first-order valence-electron chi connectivity index (χ1n) is 15.3. The predicted octanol–water partition coefficient (Wildman–Crippen LogP) is 10.1. The van der Waals surface area contributed by atoms with E-state index in [1.54, 1.807) is 0 Å². The molecule has 0 saturated carbocycles. The molecule has 226 valence electrons. The quantitative estimate of drug-likeness (QED) is 0.170. The second kappa shape index (κ2) is 13.1. The maximum atomic E-state index is 14.1. The summed E-state index contributed by atoms with van der Waals surface area (Å²) in [5.74, 6) is 0.205. The number of carbonyl (C=O) groups excluding carboxylic acids is 2. The lowest BCUT2D eigenvalue weighted by Gasteiger charge is -2.14. The molecule has 44 heavy (non-hydrogen) atoms. The molecule has 1 amide bonds. The SMILES string of the molecule is Cc1sc(NC(=O)c2cc(-c3ccc(CC(C)C)cc3)nc3ccccc23)c(C(=O)OC(C)C)c1-c1ccc(C(C)C)cc1. The highest BCUT2D eigenvalue weighted by atomic mass is 32.1. The molecule has 2 aromatic heterocycles. The number of thiophene rings is 1. The lowest BCUT2D eigenvalue weighted by atomic mass is 9.96. The van der Waals surface area contributed by atoms with Crippen LogP contribution in [0.15, 0.2) is 78.9 Å². The minimum atomic E-state index is -0.454. The highest BCUT2D eigenvalue weighted by Gasteiger charge is 2.27. The lowest BCUT2D eigenvalue weighted by Crippen LogP contribution is -2.17. The van der Waals surface area contributed by atoms with Gasteiger partial charge in [-0.05, 0) is 67.9 Å². The van der Waals surface area contributed by atoms with Gasteiger partial charge in [-0.2, -0.15) is 0 Å². The molecule has 5 aromatic rings. The molecule has 5 rings (SSSR count). The van der Waals surface area contributed by atoms with Gasteiger partial charge in [0.25, 0.3) is 5.91 Å². The Morgan fingerprint density at radius 3 is 2.16 bits per heavy atom. The van der Waals surface area contributed by atoms with Crippen LogP contribution < -0.4 is 5.32 Å². The van der Waals surface area contributed by atoms with Crippen molar-refractivity contribution in [3.05, 3.63) is 106 Å². The fraction of sp³-hybridized carbons (Fsp3) is 0.289. The molecule has 1 N–H and O–H groups in total. The number of fused-ring (bicyclic) bond motifs is 1. The zero-order valence-electron chi connectivity index (χ0n) is 26.5. The second-order valence-electron chi connectivity index (χ2n) is 12.3. The maximum Gasteiger partial charge on any atom is 0.342 e. The number of rotatable bonds is 9. The van der Waals surface area contributed by atoms with Crippen molar-refractivity contribution in [2.45, 2.75) is 66.9 Å². The molecule has 2 heterocycles. The minimum absolute atomic E-state index is 0.303. The average molecular weight is 605 g/mol. The lowest BCUT2D eigenvalue weighted by molar-refractivity contribution is 0.0380. The minimum Gasteiger partial charge on any atom is -0.459 e. The second-order valence-corrected chi connectivity index (χ2v) is 13.5. The van der Waals surface area contributed by atoms with Crippen molar-refractivity contribution in [3.63, 3.8) is 0 Å². The van der Waals surface area contributed by atoms with Crippen LogP contribution in [-0.4, -0.2) is 23.0 Å². The number of nitrogens with one attached hydrogen (secondary N) is 1. The van der Waals surface area contributed by atoms with Crippen LogP contribution >= 0.6 is 11.3 Å². The Hall–Kier alpha value is -4.29. The van der Waals surface area contributed by atoms with Crippen molar-refractivity contribution in [2.24, 2.45) is 5.92 Å². The maximum absolute atomic E-state index is 14.1. The molecule has 0 bridgehead atoms. The van der Waals surface area contributed by atoms with Crippen molar-refractivity contribution >= 4 is 39.1 Å². The molecule has 0 aliphatic heterocycles. The van der Waals surface area contributed by atoms with Gasteiger partial charge in [-0.25, -0.2) is 9.78 Å². The van der Waals surface area contributed by atoms with Crippen molar-refractivity contribution in [2.75, 3.05) is 5.32 Å². The summed E-state index contributed by atoms with van der Waals surface area (Å²) in [7, 11) is 0. The molecule has 0 aliphatic carbocycles. The zero-order valence-corrected chi connectivity index (χ0v) is 27.3. The van der Waals surface area contributed by atoms with E-state index in [0.29, 0.717) is 28.0 Å². The van der Waals surface area contributed by atoms with Crippen LogP contribution in [0.2, 0.25) is 0 Å². The smallest absolute Gasteiger partial charge is 0.342 e. The van der Waals surface area contributed by atoms with Crippen molar-refractivity contribution in [3.8, 4) is 22.4 Å². The largest absolute Gasteiger partial charge is 0.459 e. The molecule has 0 aliphatic rings. The Balaban J connectivity index is 1.56. The third-order valence-corrected chi connectivity index (χ3v) is 8.60. The van der Waals surface area contributed by atoms with Gasteiger partial charge in [0.1, 0.15) is 10.6 Å². The molecule has 6 heteroatoms. The number of para-hydroxylation sites is 1. The van der Waals surface area contributed by atoms with Crippen molar-refractivity contribution in [1.29, 1.82) is 0 Å². The first-order valence-corrected chi connectivity index (χ1v) is 16.1. The summed E-state index contributed by atoms with van der Waals surface area (Å²) in [6, 6.07) is 26.1. The van der Waals surface area contributed by atoms with E-state index in [4.69, 9.17) is 9.72 Å². The molecular formula is C38H40N2O3S. The van der Waals surface area contributed by atoms with E-state index < -0.39 is 5.97 Å². The highest BCUT2D eigenvalue weighted by Crippen LogP contribution is 2.41. The molecule has 0 saturated heterocycles. The summed E-state index contributed by atoms with van der Waals surface area (Å²) in [5.41, 5.74) is 7.46. The monoisotopic (exact) mass is 604 g/mol. The number of aryl methyl sites for hydroxylation is 1. The molecule has 0 atom stereocenters.